The number of hydrogen-bond donors (Lipinski definition) is 2. The summed E-state index contributed by atoms with van der Waals surface area (Å²) in [6, 6.07) is 16.5. The van der Waals surface area contributed by atoms with E-state index in [-0.39, 0.29) is 24.0 Å². The number of hydrogen-bond acceptors (Lipinski definition) is 2. The third-order valence-electron chi connectivity index (χ3n) is 3.85. The van der Waals surface area contributed by atoms with Crippen LogP contribution in [0.25, 0.3) is 0 Å². The Kier molecular flexibility index (Phi) is 6.66. The summed E-state index contributed by atoms with van der Waals surface area (Å²) in [5.74, 6) is 0.432. The first kappa shape index (κ1) is 18.3. The van der Waals surface area contributed by atoms with E-state index in [1.165, 1.54) is 11.3 Å². The van der Waals surface area contributed by atoms with Gasteiger partial charge in [0.1, 0.15) is 0 Å². The first-order valence-electron chi connectivity index (χ1n) is 7.83. The zero-order chi connectivity index (χ0) is 16.1. The Morgan fingerprint density at radius 3 is 2.54 bits per heavy atom. The number of aryl methyl sites for hydroxylation is 1. The fourth-order valence-electron chi connectivity index (χ4n) is 2.54. The number of anilines is 2. The minimum atomic E-state index is 0. The molecule has 0 saturated carbocycles. The molecule has 0 fully saturated rings. The number of nitrogens with one attached hydrogen (secondary N) is 1. The summed E-state index contributed by atoms with van der Waals surface area (Å²) in [6.45, 7) is 4.58. The maximum atomic E-state index is 5.97. The lowest BCUT2D eigenvalue weighted by molar-refractivity contribution is 0.993. The van der Waals surface area contributed by atoms with E-state index in [1.807, 2.05) is 24.3 Å². The molecule has 0 amide bonds. The molecular formula is C19H23IN4. The molecule has 24 heavy (non-hydrogen) atoms. The monoisotopic (exact) mass is 434 g/mol. The van der Waals surface area contributed by atoms with Gasteiger partial charge in [-0.1, -0.05) is 42.0 Å². The summed E-state index contributed by atoms with van der Waals surface area (Å²) in [7, 11) is 0. The first-order chi connectivity index (χ1) is 11.2. The molecule has 2 aromatic rings. The van der Waals surface area contributed by atoms with E-state index >= 15 is 0 Å². The lowest BCUT2D eigenvalue weighted by Gasteiger charge is -2.18. The van der Waals surface area contributed by atoms with E-state index in [1.54, 1.807) is 0 Å². The molecule has 1 aliphatic heterocycles. The molecule has 0 saturated heterocycles. The molecule has 0 spiro atoms. The van der Waals surface area contributed by atoms with Crippen LogP contribution in [0.1, 0.15) is 11.1 Å². The molecule has 0 radical (unpaired) electrons. The van der Waals surface area contributed by atoms with Gasteiger partial charge in [-0.3, -0.25) is 0 Å². The summed E-state index contributed by atoms with van der Waals surface area (Å²) < 4.78 is 0. The van der Waals surface area contributed by atoms with E-state index in [0.29, 0.717) is 12.5 Å². The third-order valence-corrected chi connectivity index (χ3v) is 3.85. The van der Waals surface area contributed by atoms with Crippen LogP contribution in [-0.4, -0.2) is 19.0 Å². The van der Waals surface area contributed by atoms with Crippen molar-refractivity contribution in [2.75, 3.05) is 23.3 Å². The first-order valence-corrected chi connectivity index (χ1v) is 7.83. The molecule has 0 bridgehead atoms. The van der Waals surface area contributed by atoms with Gasteiger partial charge in [0.15, 0.2) is 5.96 Å². The Balaban J connectivity index is 0.00000208. The third kappa shape index (κ3) is 4.99. The molecule has 0 aliphatic carbocycles. The molecule has 1 aliphatic rings. The molecule has 1 heterocycles. The van der Waals surface area contributed by atoms with Crippen molar-refractivity contribution in [3.05, 3.63) is 71.8 Å². The van der Waals surface area contributed by atoms with Gasteiger partial charge in [0.2, 0.25) is 0 Å². The number of benzene rings is 2. The quantitative estimate of drug-likeness (QED) is 0.332. The summed E-state index contributed by atoms with van der Waals surface area (Å²) in [5, 5.41) is 3.12. The minimum absolute atomic E-state index is 0. The summed E-state index contributed by atoms with van der Waals surface area (Å²) in [4.78, 5) is 6.75. The van der Waals surface area contributed by atoms with Crippen molar-refractivity contribution in [1.82, 2.24) is 0 Å². The number of nitrogens with two attached hydrogens (primary N) is 1. The maximum absolute atomic E-state index is 5.97. The van der Waals surface area contributed by atoms with Gasteiger partial charge in [0.25, 0.3) is 0 Å². The van der Waals surface area contributed by atoms with E-state index in [4.69, 9.17) is 5.73 Å². The lowest BCUT2D eigenvalue weighted by Crippen LogP contribution is -2.22. The second kappa shape index (κ2) is 8.73. The van der Waals surface area contributed by atoms with Crippen molar-refractivity contribution in [3.63, 3.8) is 0 Å². The molecular weight excluding hydrogens is 411 g/mol. The lowest BCUT2D eigenvalue weighted by atomic mass is 10.2. The van der Waals surface area contributed by atoms with Crippen LogP contribution in [0, 0.1) is 6.92 Å². The van der Waals surface area contributed by atoms with Crippen LogP contribution in [0.2, 0.25) is 0 Å². The van der Waals surface area contributed by atoms with Gasteiger partial charge in [-0.05, 0) is 36.8 Å². The Labute approximate surface area is 160 Å². The van der Waals surface area contributed by atoms with Crippen molar-refractivity contribution in [2.45, 2.75) is 13.5 Å². The van der Waals surface area contributed by atoms with Crippen molar-refractivity contribution in [1.29, 1.82) is 0 Å². The highest BCUT2D eigenvalue weighted by molar-refractivity contribution is 14.0. The molecule has 2 aromatic carbocycles. The van der Waals surface area contributed by atoms with Crippen LogP contribution in [0.3, 0.4) is 0 Å². The molecule has 0 unspecified atom stereocenters. The fraction of sp³-hybridized carbons (Fsp3) is 0.211. The van der Waals surface area contributed by atoms with Gasteiger partial charge < -0.3 is 16.0 Å². The van der Waals surface area contributed by atoms with Crippen LogP contribution in [0.4, 0.5) is 11.4 Å². The standard InChI is InChI=1S/C19H22N4.HI/c1-15-7-9-17(10-8-15)22-19(20)21-14-16-5-4-6-18(13-16)23-11-2-3-12-23;/h2-10,13H,11-12,14H2,1H3,(H3,20,21,22);1H. The fourth-order valence-corrected chi connectivity index (χ4v) is 2.54. The highest BCUT2D eigenvalue weighted by Gasteiger charge is 2.07. The van der Waals surface area contributed by atoms with Crippen LogP contribution < -0.4 is 16.0 Å². The van der Waals surface area contributed by atoms with E-state index in [2.05, 4.69) is 58.6 Å². The molecule has 0 aromatic heterocycles. The summed E-state index contributed by atoms with van der Waals surface area (Å²) in [5.41, 5.74) is 10.5. The Morgan fingerprint density at radius 1 is 1.12 bits per heavy atom. The van der Waals surface area contributed by atoms with Crippen LogP contribution >= 0.6 is 24.0 Å². The molecule has 3 rings (SSSR count). The Hall–Kier alpha value is -2.02. The molecule has 3 N–H and O–H groups in total. The average Bonchev–Trinajstić information content (AvgIpc) is 3.10. The van der Waals surface area contributed by atoms with Gasteiger partial charge in [-0.2, -0.15) is 0 Å². The highest BCUT2D eigenvalue weighted by Crippen LogP contribution is 2.19. The van der Waals surface area contributed by atoms with E-state index in [9.17, 15) is 0 Å². The molecule has 0 atom stereocenters. The van der Waals surface area contributed by atoms with Gasteiger partial charge in [-0.25, -0.2) is 4.99 Å². The normalized spacial score (nSPS) is 13.7. The highest BCUT2D eigenvalue weighted by atomic mass is 127. The van der Waals surface area contributed by atoms with Gasteiger partial charge in [-0.15, -0.1) is 24.0 Å². The largest absolute Gasteiger partial charge is 0.370 e. The van der Waals surface area contributed by atoms with Crippen molar-refractivity contribution < 1.29 is 0 Å². The number of aliphatic imine (C=N–C) groups is 1. The number of halogens is 1. The van der Waals surface area contributed by atoms with Crippen molar-refractivity contribution in [2.24, 2.45) is 10.7 Å². The zero-order valence-corrected chi connectivity index (χ0v) is 16.1. The zero-order valence-electron chi connectivity index (χ0n) is 13.8. The molecule has 4 nitrogen and oxygen atoms in total. The predicted octanol–water partition coefficient (Wildman–Crippen LogP) is 3.92. The smallest absolute Gasteiger partial charge is 0.193 e. The van der Waals surface area contributed by atoms with Crippen LogP contribution in [-0.2, 0) is 6.54 Å². The van der Waals surface area contributed by atoms with E-state index < -0.39 is 0 Å². The topological polar surface area (TPSA) is 53.6 Å². The summed E-state index contributed by atoms with van der Waals surface area (Å²) in [6.07, 6.45) is 4.38. The SMILES string of the molecule is Cc1ccc(NC(N)=NCc2cccc(N3CC=CC3)c2)cc1.I. The second-order valence-corrected chi connectivity index (χ2v) is 5.74. The van der Waals surface area contributed by atoms with Crippen LogP contribution in [0.5, 0.6) is 0 Å². The van der Waals surface area contributed by atoms with Gasteiger partial charge in [0, 0.05) is 24.5 Å². The predicted molar refractivity (Wildman–Crippen MR) is 113 cm³/mol. The number of rotatable bonds is 4. The van der Waals surface area contributed by atoms with Gasteiger partial charge in [0.05, 0.1) is 6.54 Å². The second-order valence-electron chi connectivity index (χ2n) is 5.74. The van der Waals surface area contributed by atoms with E-state index in [0.717, 1.165) is 24.3 Å². The minimum Gasteiger partial charge on any atom is -0.370 e. The van der Waals surface area contributed by atoms with Crippen LogP contribution in [0.15, 0.2) is 65.7 Å². The average molecular weight is 434 g/mol. The Bertz CT molecular complexity index is 714. The maximum Gasteiger partial charge on any atom is 0.193 e. The number of nitrogens with zero attached hydrogens (tertiary/aromatic N) is 2. The van der Waals surface area contributed by atoms with Crippen molar-refractivity contribution in [3.8, 4) is 0 Å². The molecule has 126 valence electrons. The Morgan fingerprint density at radius 2 is 1.83 bits per heavy atom. The van der Waals surface area contributed by atoms with Gasteiger partial charge >= 0.3 is 0 Å². The summed E-state index contributed by atoms with van der Waals surface area (Å²) >= 11 is 0. The van der Waals surface area contributed by atoms with Crippen molar-refractivity contribution >= 4 is 41.3 Å². The molecule has 5 heteroatoms. The number of guanidine groups is 1.